The summed E-state index contributed by atoms with van der Waals surface area (Å²) in [5.41, 5.74) is -0.752. The van der Waals surface area contributed by atoms with Crippen LogP contribution in [0, 0.1) is 0 Å². The number of hydrogen-bond donors (Lipinski definition) is 1. The molecule has 2 aromatic rings. The van der Waals surface area contributed by atoms with Gasteiger partial charge >= 0.3 is 6.18 Å². The van der Waals surface area contributed by atoms with Gasteiger partial charge in [0.15, 0.2) is 0 Å². The molecule has 4 nitrogen and oxygen atoms in total. The van der Waals surface area contributed by atoms with Crippen LogP contribution < -0.4 is 5.32 Å². The van der Waals surface area contributed by atoms with Crippen molar-refractivity contribution in [3.8, 4) is 0 Å². The van der Waals surface area contributed by atoms with Gasteiger partial charge in [0, 0.05) is 13.6 Å². The van der Waals surface area contributed by atoms with E-state index in [1.54, 1.807) is 0 Å². The van der Waals surface area contributed by atoms with Gasteiger partial charge in [0.1, 0.15) is 6.04 Å². The minimum Gasteiger partial charge on any atom is -0.340 e. The molecule has 0 aliphatic carbocycles. The molecule has 0 radical (unpaired) electrons. The normalized spacial score (nSPS) is 12.4. The molecule has 28 heavy (non-hydrogen) atoms. The molecule has 1 atom stereocenters. The summed E-state index contributed by atoms with van der Waals surface area (Å²) in [6.45, 7) is 1.18. The summed E-state index contributed by atoms with van der Waals surface area (Å²) in [6.07, 6.45) is -4.52. The van der Waals surface area contributed by atoms with E-state index >= 15 is 0 Å². The molecule has 150 valence electrons. The average molecular weight is 433 g/mol. The second-order valence-electron chi connectivity index (χ2n) is 6.15. The monoisotopic (exact) mass is 432 g/mol. The van der Waals surface area contributed by atoms with Crippen LogP contribution in [0.1, 0.15) is 28.4 Å². The SMILES string of the molecule is CC(NC(=O)c1cccc(Cl)c1Cl)C(=O)N(C)Cc1ccccc1C(F)(F)F. The predicted molar refractivity (Wildman–Crippen MR) is 101 cm³/mol. The third kappa shape index (κ3) is 5.17. The third-order valence-corrected chi connectivity index (χ3v) is 4.84. The molecule has 0 fully saturated rings. The second kappa shape index (κ2) is 8.84. The van der Waals surface area contributed by atoms with Gasteiger partial charge in [-0.3, -0.25) is 9.59 Å². The molecule has 2 amide bonds. The van der Waals surface area contributed by atoms with Gasteiger partial charge in [-0.1, -0.05) is 47.5 Å². The summed E-state index contributed by atoms with van der Waals surface area (Å²) >= 11 is 11.9. The summed E-state index contributed by atoms with van der Waals surface area (Å²) in [7, 11) is 1.37. The minimum atomic E-state index is -4.52. The van der Waals surface area contributed by atoms with E-state index in [0.29, 0.717) is 0 Å². The summed E-state index contributed by atoms with van der Waals surface area (Å²) in [6, 6.07) is 8.54. The number of carbonyl (C=O) groups is 2. The fourth-order valence-corrected chi connectivity index (χ4v) is 3.00. The number of nitrogens with one attached hydrogen (secondary N) is 1. The van der Waals surface area contributed by atoms with Gasteiger partial charge < -0.3 is 10.2 Å². The maximum atomic E-state index is 13.1. The maximum absolute atomic E-state index is 13.1. The Hall–Kier alpha value is -2.25. The summed E-state index contributed by atoms with van der Waals surface area (Å²) < 4.78 is 39.3. The number of benzene rings is 2. The summed E-state index contributed by atoms with van der Waals surface area (Å²) in [4.78, 5) is 25.9. The van der Waals surface area contributed by atoms with Crippen LogP contribution in [-0.2, 0) is 17.5 Å². The standard InChI is InChI=1S/C19H17Cl2F3N2O2/c1-11(25-17(27)13-7-5-9-15(20)16(13)21)18(28)26(2)10-12-6-3-4-8-14(12)19(22,23)24/h3-9,11H,10H2,1-2H3,(H,25,27). The van der Waals surface area contributed by atoms with Crippen molar-refractivity contribution in [2.45, 2.75) is 25.7 Å². The van der Waals surface area contributed by atoms with Gasteiger partial charge in [0.25, 0.3) is 5.91 Å². The first kappa shape index (κ1) is 22.0. The Morgan fingerprint density at radius 3 is 2.39 bits per heavy atom. The lowest BCUT2D eigenvalue weighted by atomic mass is 10.1. The second-order valence-corrected chi connectivity index (χ2v) is 6.93. The van der Waals surface area contributed by atoms with Gasteiger partial charge in [-0.25, -0.2) is 0 Å². The molecule has 0 saturated carbocycles. The zero-order valence-electron chi connectivity index (χ0n) is 15.0. The molecule has 9 heteroatoms. The van der Waals surface area contributed by atoms with Gasteiger partial charge in [-0.15, -0.1) is 0 Å². The van der Waals surface area contributed by atoms with Crippen molar-refractivity contribution < 1.29 is 22.8 Å². The average Bonchev–Trinajstić information content (AvgIpc) is 2.62. The molecule has 2 rings (SSSR count). The van der Waals surface area contributed by atoms with E-state index in [1.165, 1.54) is 50.4 Å². The fourth-order valence-electron chi connectivity index (χ4n) is 2.61. The van der Waals surface area contributed by atoms with Crippen LogP contribution in [0.3, 0.4) is 0 Å². The highest BCUT2D eigenvalue weighted by atomic mass is 35.5. The smallest absolute Gasteiger partial charge is 0.340 e. The number of rotatable bonds is 5. The molecule has 0 aromatic heterocycles. The van der Waals surface area contributed by atoms with Crippen LogP contribution in [0.4, 0.5) is 13.2 Å². The fraction of sp³-hybridized carbons (Fsp3) is 0.263. The molecule has 0 saturated heterocycles. The number of nitrogens with zero attached hydrogens (tertiary/aromatic N) is 1. The number of carbonyl (C=O) groups excluding carboxylic acids is 2. The Morgan fingerprint density at radius 1 is 1.11 bits per heavy atom. The number of likely N-dealkylation sites (N-methyl/N-ethyl adjacent to an activating group) is 1. The lowest BCUT2D eigenvalue weighted by Gasteiger charge is -2.24. The Kier molecular flexibility index (Phi) is 6.96. The number of amides is 2. The van der Waals surface area contributed by atoms with E-state index in [4.69, 9.17) is 23.2 Å². The Bertz CT molecular complexity index is 888. The van der Waals surface area contributed by atoms with Crippen molar-refractivity contribution in [2.75, 3.05) is 7.05 Å². The number of hydrogen-bond acceptors (Lipinski definition) is 2. The first-order valence-electron chi connectivity index (χ1n) is 8.17. The van der Waals surface area contributed by atoms with Gasteiger partial charge in [-0.2, -0.15) is 13.2 Å². The molecule has 1 N–H and O–H groups in total. The molecule has 0 heterocycles. The lowest BCUT2D eigenvalue weighted by molar-refractivity contribution is -0.139. The van der Waals surface area contributed by atoms with Crippen molar-refractivity contribution in [1.82, 2.24) is 10.2 Å². The first-order chi connectivity index (χ1) is 13.0. The Labute approximate surface area is 170 Å². The molecular weight excluding hydrogens is 416 g/mol. The Balaban J connectivity index is 2.09. The van der Waals surface area contributed by atoms with Crippen LogP contribution in [0.25, 0.3) is 0 Å². The molecule has 0 aliphatic heterocycles. The maximum Gasteiger partial charge on any atom is 0.416 e. The van der Waals surface area contributed by atoms with Gasteiger partial charge in [-0.05, 0) is 30.7 Å². The summed E-state index contributed by atoms with van der Waals surface area (Å²) in [5, 5.41) is 2.72. The first-order valence-corrected chi connectivity index (χ1v) is 8.93. The molecular formula is C19H17Cl2F3N2O2. The largest absolute Gasteiger partial charge is 0.416 e. The topological polar surface area (TPSA) is 49.4 Å². The zero-order valence-corrected chi connectivity index (χ0v) is 16.5. The molecule has 0 spiro atoms. The van der Waals surface area contributed by atoms with Crippen LogP contribution in [-0.4, -0.2) is 29.8 Å². The predicted octanol–water partition coefficient (Wildman–Crippen LogP) is 4.79. The van der Waals surface area contributed by atoms with E-state index in [1.807, 2.05) is 0 Å². The van der Waals surface area contributed by atoms with E-state index in [-0.39, 0.29) is 27.7 Å². The van der Waals surface area contributed by atoms with Crippen LogP contribution >= 0.6 is 23.2 Å². The third-order valence-electron chi connectivity index (χ3n) is 4.02. The van der Waals surface area contributed by atoms with Crippen molar-refractivity contribution in [3.05, 3.63) is 69.2 Å². The molecule has 0 bridgehead atoms. The van der Waals surface area contributed by atoms with Crippen LogP contribution in [0.15, 0.2) is 42.5 Å². The summed E-state index contributed by atoms with van der Waals surface area (Å²) in [5.74, 6) is -1.17. The quantitative estimate of drug-likeness (QED) is 0.738. The van der Waals surface area contributed by atoms with Crippen molar-refractivity contribution in [1.29, 1.82) is 0 Å². The highest BCUT2D eigenvalue weighted by molar-refractivity contribution is 6.43. The van der Waals surface area contributed by atoms with E-state index < -0.39 is 29.6 Å². The van der Waals surface area contributed by atoms with Crippen LogP contribution in [0.2, 0.25) is 10.0 Å². The van der Waals surface area contributed by atoms with Gasteiger partial charge in [0.2, 0.25) is 5.91 Å². The highest BCUT2D eigenvalue weighted by Crippen LogP contribution is 2.32. The zero-order chi connectivity index (χ0) is 21.1. The molecule has 2 aromatic carbocycles. The van der Waals surface area contributed by atoms with E-state index in [9.17, 15) is 22.8 Å². The van der Waals surface area contributed by atoms with Crippen molar-refractivity contribution in [2.24, 2.45) is 0 Å². The molecule has 1 unspecified atom stereocenters. The minimum absolute atomic E-state index is 0.0396. The van der Waals surface area contributed by atoms with Crippen molar-refractivity contribution in [3.63, 3.8) is 0 Å². The Morgan fingerprint density at radius 2 is 1.75 bits per heavy atom. The van der Waals surface area contributed by atoms with Crippen LogP contribution in [0.5, 0.6) is 0 Å². The number of alkyl halides is 3. The van der Waals surface area contributed by atoms with Gasteiger partial charge in [0.05, 0.1) is 21.2 Å². The lowest BCUT2D eigenvalue weighted by Crippen LogP contribution is -2.45. The molecule has 0 aliphatic rings. The van der Waals surface area contributed by atoms with E-state index in [0.717, 1.165) is 11.0 Å². The number of halogens is 5. The van der Waals surface area contributed by atoms with Crippen molar-refractivity contribution >= 4 is 35.0 Å². The highest BCUT2D eigenvalue weighted by Gasteiger charge is 2.33. The van der Waals surface area contributed by atoms with E-state index in [2.05, 4.69) is 5.32 Å².